The van der Waals surface area contributed by atoms with Gasteiger partial charge in [0.15, 0.2) is 0 Å². The van der Waals surface area contributed by atoms with Crippen molar-refractivity contribution in [1.29, 1.82) is 0 Å². The molecule has 2 aromatic rings. The molecular weight excluding hydrogens is 454 g/mol. The number of carboxylic acids is 1. The quantitative estimate of drug-likeness (QED) is 0.201. The topological polar surface area (TPSA) is 166 Å². The molecule has 0 bridgehead atoms. The molecule has 1 heterocycles. The molecule has 4 unspecified atom stereocenters. The Bertz CT molecular complexity index is 982. The van der Waals surface area contributed by atoms with Gasteiger partial charge in [0, 0.05) is 35.0 Å². The lowest BCUT2D eigenvalue weighted by Crippen LogP contribution is -2.58. The predicted molar refractivity (Wildman–Crippen MR) is 127 cm³/mol. The first-order chi connectivity index (χ1) is 15.2. The second-order valence-electron chi connectivity index (χ2n) is 7.23. The fourth-order valence-corrected chi connectivity index (χ4v) is 3.36. The minimum atomic E-state index is -1.21. The van der Waals surface area contributed by atoms with Gasteiger partial charge in [-0.15, -0.1) is 0 Å². The van der Waals surface area contributed by atoms with Crippen molar-refractivity contribution in [3.63, 3.8) is 0 Å². The highest BCUT2D eigenvalue weighted by Crippen LogP contribution is 2.19. The summed E-state index contributed by atoms with van der Waals surface area (Å²) < 4.78 is 0. The van der Waals surface area contributed by atoms with Crippen LogP contribution in [0.2, 0.25) is 0 Å². The molecule has 0 aliphatic heterocycles. The smallest absolute Gasteiger partial charge is 0.325 e. The number of carbonyl (C=O) groups excluding carboxylic acids is 3. The fourth-order valence-electron chi connectivity index (χ4n) is 2.93. The number of aromatic amines is 1. The lowest BCUT2D eigenvalue weighted by Gasteiger charge is -2.23. The summed E-state index contributed by atoms with van der Waals surface area (Å²) in [6.45, 7) is 1.30. The summed E-state index contributed by atoms with van der Waals surface area (Å²) in [5.41, 5.74) is 7.38. The van der Waals surface area contributed by atoms with Gasteiger partial charge in [-0.3, -0.25) is 19.2 Å². The number of thiol groups is 2. The maximum Gasteiger partial charge on any atom is 0.325 e. The molecule has 0 radical (unpaired) electrons. The Kier molecular flexibility index (Phi) is 9.42. The first kappa shape index (κ1) is 25.6. The number of nitrogens with two attached hydrogens (primary N) is 1. The molecule has 32 heavy (non-hydrogen) atoms. The minimum absolute atomic E-state index is 0.0756. The Morgan fingerprint density at radius 1 is 1.00 bits per heavy atom. The van der Waals surface area contributed by atoms with Crippen LogP contribution in [0, 0.1) is 0 Å². The summed E-state index contributed by atoms with van der Waals surface area (Å²) in [4.78, 5) is 51.8. The number of aromatic nitrogens is 1. The Balaban J connectivity index is 2.21. The van der Waals surface area contributed by atoms with Crippen molar-refractivity contribution in [2.45, 2.75) is 37.5 Å². The van der Waals surface area contributed by atoms with Crippen molar-refractivity contribution in [1.82, 2.24) is 20.9 Å². The van der Waals surface area contributed by atoms with Gasteiger partial charge in [-0.05, 0) is 18.6 Å². The van der Waals surface area contributed by atoms with E-state index in [-0.39, 0.29) is 17.9 Å². The summed E-state index contributed by atoms with van der Waals surface area (Å²) in [7, 11) is 0. The number of rotatable bonds is 11. The first-order valence-electron chi connectivity index (χ1n) is 9.84. The summed E-state index contributed by atoms with van der Waals surface area (Å²) in [5, 5.41) is 17.3. The maximum absolute atomic E-state index is 13.0. The van der Waals surface area contributed by atoms with Crippen LogP contribution in [-0.4, -0.2) is 69.5 Å². The van der Waals surface area contributed by atoms with E-state index in [0.717, 1.165) is 16.5 Å². The van der Waals surface area contributed by atoms with Gasteiger partial charge in [-0.2, -0.15) is 25.3 Å². The van der Waals surface area contributed by atoms with E-state index in [1.165, 1.54) is 6.92 Å². The Morgan fingerprint density at radius 3 is 2.25 bits per heavy atom. The van der Waals surface area contributed by atoms with Gasteiger partial charge >= 0.3 is 5.97 Å². The van der Waals surface area contributed by atoms with Crippen molar-refractivity contribution in [3.8, 4) is 0 Å². The van der Waals surface area contributed by atoms with Crippen molar-refractivity contribution in [2.24, 2.45) is 5.73 Å². The van der Waals surface area contributed by atoms with Crippen molar-refractivity contribution in [2.75, 3.05) is 11.5 Å². The normalized spacial score (nSPS) is 14.8. The van der Waals surface area contributed by atoms with Gasteiger partial charge in [-0.1, -0.05) is 18.2 Å². The molecule has 0 fully saturated rings. The molecule has 0 saturated heterocycles. The number of para-hydroxylation sites is 1. The van der Waals surface area contributed by atoms with Crippen LogP contribution in [0.4, 0.5) is 0 Å². The van der Waals surface area contributed by atoms with E-state index in [9.17, 15) is 19.2 Å². The molecule has 4 atom stereocenters. The Morgan fingerprint density at radius 2 is 1.62 bits per heavy atom. The lowest BCUT2D eigenvalue weighted by molar-refractivity contribution is -0.141. The third kappa shape index (κ3) is 6.65. The highest BCUT2D eigenvalue weighted by atomic mass is 32.1. The zero-order valence-electron chi connectivity index (χ0n) is 17.4. The number of carboxylic acid groups (broad SMARTS) is 1. The zero-order chi connectivity index (χ0) is 23.8. The van der Waals surface area contributed by atoms with Crippen LogP contribution < -0.4 is 21.7 Å². The van der Waals surface area contributed by atoms with Crippen molar-refractivity contribution in [3.05, 3.63) is 36.0 Å². The Hall–Kier alpha value is -2.70. The molecule has 174 valence electrons. The van der Waals surface area contributed by atoms with Crippen LogP contribution in [0.25, 0.3) is 10.9 Å². The van der Waals surface area contributed by atoms with Gasteiger partial charge in [-0.25, -0.2) is 0 Å². The molecule has 1 aromatic heterocycles. The van der Waals surface area contributed by atoms with Gasteiger partial charge in [0.2, 0.25) is 17.7 Å². The molecule has 0 aliphatic carbocycles. The SMILES string of the molecule is CC(NC(=O)C(CS)NC(=O)C(Cc1c[nH]c2ccccc12)NC(=O)C(N)CS)C(=O)O. The number of H-pyrrole nitrogens is 1. The molecule has 0 saturated carbocycles. The van der Waals surface area contributed by atoms with E-state index in [2.05, 4.69) is 46.2 Å². The van der Waals surface area contributed by atoms with Gasteiger partial charge in [0.25, 0.3) is 0 Å². The van der Waals surface area contributed by atoms with Crippen LogP contribution >= 0.6 is 25.3 Å². The third-order valence-electron chi connectivity index (χ3n) is 4.81. The molecule has 12 heteroatoms. The number of carbonyl (C=O) groups is 4. The summed E-state index contributed by atoms with van der Waals surface area (Å²) in [6, 6.07) is 3.29. The van der Waals surface area contributed by atoms with Gasteiger partial charge in [0.05, 0.1) is 6.04 Å². The number of fused-ring (bicyclic) bond motifs is 1. The number of amides is 3. The molecule has 0 aliphatic rings. The highest BCUT2D eigenvalue weighted by Gasteiger charge is 2.29. The highest BCUT2D eigenvalue weighted by molar-refractivity contribution is 7.80. The Labute approximate surface area is 195 Å². The minimum Gasteiger partial charge on any atom is -0.480 e. The van der Waals surface area contributed by atoms with Crippen LogP contribution in [-0.2, 0) is 25.6 Å². The van der Waals surface area contributed by atoms with Crippen LogP contribution in [0.1, 0.15) is 12.5 Å². The number of aliphatic carboxylic acids is 1. The molecule has 7 N–H and O–H groups in total. The molecular formula is C20H27N5O5S2. The van der Waals surface area contributed by atoms with E-state index in [1.54, 1.807) is 6.20 Å². The number of benzene rings is 1. The van der Waals surface area contributed by atoms with E-state index in [4.69, 9.17) is 10.8 Å². The molecule has 0 spiro atoms. The van der Waals surface area contributed by atoms with Gasteiger partial charge < -0.3 is 31.8 Å². The predicted octanol–water partition coefficient (Wildman–Crippen LogP) is -0.544. The number of nitrogens with one attached hydrogen (secondary N) is 4. The molecule has 1 aromatic carbocycles. The van der Waals surface area contributed by atoms with Crippen LogP contribution in [0.5, 0.6) is 0 Å². The second kappa shape index (κ2) is 11.8. The van der Waals surface area contributed by atoms with Crippen LogP contribution in [0.3, 0.4) is 0 Å². The van der Waals surface area contributed by atoms with E-state index >= 15 is 0 Å². The molecule has 2 rings (SSSR count). The average Bonchev–Trinajstić information content (AvgIpc) is 3.18. The summed E-state index contributed by atoms with van der Waals surface area (Å²) >= 11 is 8.09. The zero-order valence-corrected chi connectivity index (χ0v) is 19.2. The fraction of sp³-hybridized carbons (Fsp3) is 0.400. The number of hydrogen-bond acceptors (Lipinski definition) is 7. The monoisotopic (exact) mass is 481 g/mol. The summed E-state index contributed by atoms with van der Waals surface area (Å²) in [6.07, 6.45) is 1.88. The van der Waals surface area contributed by atoms with E-state index in [0.29, 0.717) is 0 Å². The lowest BCUT2D eigenvalue weighted by atomic mass is 10.0. The molecule has 10 nitrogen and oxygen atoms in total. The van der Waals surface area contributed by atoms with Crippen LogP contribution in [0.15, 0.2) is 30.5 Å². The summed E-state index contributed by atoms with van der Waals surface area (Å²) in [5.74, 6) is -3.10. The average molecular weight is 482 g/mol. The second-order valence-corrected chi connectivity index (χ2v) is 7.96. The molecule has 3 amide bonds. The van der Waals surface area contributed by atoms with E-state index in [1.807, 2.05) is 24.3 Å². The third-order valence-corrected chi connectivity index (χ3v) is 5.57. The van der Waals surface area contributed by atoms with Gasteiger partial charge in [0.1, 0.15) is 18.1 Å². The van der Waals surface area contributed by atoms with Crippen molar-refractivity contribution >= 4 is 59.9 Å². The standard InChI is InChI=1S/C20H27N5O5S2/c1-10(20(29)30)23-19(28)16(9-32)25-18(27)15(24-17(26)13(21)8-31)6-11-7-22-14-5-3-2-4-12(11)14/h2-5,7,10,13,15-16,22,31-32H,6,8-9,21H2,1H3,(H,23,28)(H,24,26)(H,25,27)(H,29,30). The maximum atomic E-state index is 13.0. The largest absolute Gasteiger partial charge is 0.480 e. The first-order valence-corrected chi connectivity index (χ1v) is 11.1. The van der Waals surface area contributed by atoms with Crippen molar-refractivity contribution < 1.29 is 24.3 Å². The van der Waals surface area contributed by atoms with E-state index < -0.39 is 47.9 Å². The number of hydrogen-bond donors (Lipinski definition) is 8.